The molecule has 0 amide bonds. The number of aromatic nitrogens is 1. The van der Waals surface area contributed by atoms with Gasteiger partial charge in [-0.15, -0.1) is 0 Å². The molecular formula is C8H9NO2. The Kier molecular flexibility index (Phi) is 0.927. The summed E-state index contributed by atoms with van der Waals surface area (Å²) in [7, 11) is 0. The van der Waals surface area contributed by atoms with E-state index in [2.05, 4.69) is 4.98 Å². The van der Waals surface area contributed by atoms with Crippen molar-refractivity contribution in [2.45, 2.75) is 5.92 Å². The second-order valence-electron chi connectivity index (χ2n) is 2.48. The molecule has 3 nitrogen and oxygen atoms in total. The van der Waals surface area contributed by atoms with E-state index in [0.717, 1.165) is 0 Å². The van der Waals surface area contributed by atoms with E-state index in [0.29, 0.717) is 18.9 Å². The fraction of sp³-hybridized carbons (Fsp3) is 0.375. The Hall–Kier alpha value is -1.09. The highest BCUT2D eigenvalue weighted by Gasteiger charge is 2.20. The Morgan fingerprint density at radius 2 is 2.45 bits per heavy atom. The summed E-state index contributed by atoms with van der Waals surface area (Å²) < 4.78 is 27.1. The number of aromatic amines is 1. The molecule has 0 aliphatic carbocycles. The lowest BCUT2D eigenvalue weighted by molar-refractivity contribution is 0.00664. The van der Waals surface area contributed by atoms with Gasteiger partial charge >= 0.3 is 0 Å². The molecule has 1 aromatic rings. The lowest BCUT2D eigenvalue weighted by atomic mass is 10.0. The highest BCUT2D eigenvalue weighted by Crippen LogP contribution is 2.20. The number of hydrogen-bond acceptors (Lipinski definition) is 2. The van der Waals surface area contributed by atoms with E-state index in [1.165, 1.54) is 0 Å². The van der Waals surface area contributed by atoms with Crippen molar-refractivity contribution < 1.29 is 8.85 Å². The van der Waals surface area contributed by atoms with Crippen molar-refractivity contribution in [1.82, 2.24) is 4.98 Å². The van der Waals surface area contributed by atoms with Crippen LogP contribution in [0, 0.1) is 0 Å². The van der Waals surface area contributed by atoms with Crippen LogP contribution in [0.3, 0.4) is 0 Å². The zero-order valence-corrected chi connectivity index (χ0v) is 5.81. The normalized spacial score (nSPS) is 21.6. The molecule has 0 spiro atoms. The fourth-order valence-corrected chi connectivity index (χ4v) is 0.947. The molecule has 2 heterocycles. The van der Waals surface area contributed by atoms with Crippen molar-refractivity contribution in [1.29, 1.82) is 0 Å². The Morgan fingerprint density at radius 1 is 1.64 bits per heavy atom. The summed E-state index contributed by atoms with van der Waals surface area (Å²) in [5, 5.41) is 0. The quantitative estimate of drug-likeness (QED) is 0.639. The molecule has 1 fully saturated rings. The molecule has 58 valence electrons. The standard InChI is InChI=1S/C8H9NO2/c10-8-3-1-2-7(9-8)6-4-11-5-6/h1-3,6H,4-5H2,(H,9,10)/i1D,2D,3D. The lowest BCUT2D eigenvalue weighted by Crippen LogP contribution is -2.27. The monoisotopic (exact) mass is 154 g/mol. The van der Waals surface area contributed by atoms with Crippen LogP contribution < -0.4 is 5.56 Å². The summed E-state index contributed by atoms with van der Waals surface area (Å²) in [6, 6.07) is -0.822. The van der Waals surface area contributed by atoms with Crippen LogP contribution in [0.5, 0.6) is 0 Å². The number of rotatable bonds is 1. The second-order valence-corrected chi connectivity index (χ2v) is 2.48. The molecule has 1 aliphatic heterocycles. The van der Waals surface area contributed by atoms with E-state index < -0.39 is 11.6 Å². The van der Waals surface area contributed by atoms with Gasteiger partial charge in [-0.1, -0.05) is 6.04 Å². The third kappa shape index (κ3) is 1.19. The van der Waals surface area contributed by atoms with Crippen molar-refractivity contribution in [3.8, 4) is 0 Å². The van der Waals surface area contributed by atoms with E-state index in [1.807, 2.05) is 0 Å². The summed E-state index contributed by atoms with van der Waals surface area (Å²) in [5.74, 6) is -0.0000926. The highest BCUT2D eigenvalue weighted by atomic mass is 16.5. The molecule has 1 aromatic heterocycles. The summed E-state index contributed by atoms with van der Waals surface area (Å²) in [6.07, 6.45) is 0. The van der Waals surface area contributed by atoms with Gasteiger partial charge < -0.3 is 9.72 Å². The lowest BCUT2D eigenvalue weighted by Gasteiger charge is -2.25. The van der Waals surface area contributed by atoms with Crippen LogP contribution in [-0.4, -0.2) is 18.2 Å². The van der Waals surface area contributed by atoms with E-state index in [-0.39, 0.29) is 18.0 Å². The van der Waals surface area contributed by atoms with Crippen molar-refractivity contribution in [2.24, 2.45) is 0 Å². The molecule has 0 bridgehead atoms. The van der Waals surface area contributed by atoms with E-state index in [4.69, 9.17) is 8.85 Å². The number of H-pyrrole nitrogens is 1. The maximum atomic E-state index is 11.2. The molecule has 0 radical (unpaired) electrons. The number of hydrogen-bond donors (Lipinski definition) is 1. The van der Waals surface area contributed by atoms with Crippen LogP contribution in [0.1, 0.15) is 15.7 Å². The van der Waals surface area contributed by atoms with Crippen LogP contribution in [-0.2, 0) is 4.74 Å². The minimum atomic E-state index is -0.604. The number of pyridine rings is 1. The van der Waals surface area contributed by atoms with Gasteiger partial charge in [0.25, 0.3) is 0 Å². The van der Waals surface area contributed by atoms with E-state index >= 15 is 0 Å². The van der Waals surface area contributed by atoms with Gasteiger partial charge in [-0.25, -0.2) is 0 Å². The van der Waals surface area contributed by atoms with E-state index in [9.17, 15) is 4.79 Å². The molecule has 0 saturated carbocycles. The predicted molar refractivity (Wildman–Crippen MR) is 40.6 cm³/mol. The summed E-state index contributed by atoms with van der Waals surface area (Å²) in [6.45, 7) is 0.942. The molecule has 3 heteroatoms. The minimum Gasteiger partial charge on any atom is -0.380 e. The third-order valence-electron chi connectivity index (χ3n) is 1.67. The Bertz CT molecular complexity index is 425. The first-order valence-electron chi connectivity index (χ1n) is 4.89. The highest BCUT2D eigenvalue weighted by molar-refractivity contribution is 5.11. The Morgan fingerprint density at radius 3 is 3.09 bits per heavy atom. The average molecular weight is 154 g/mol. The van der Waals surface area contributed by atoms with Crippen molar-refractivity contribution in [3.63, 3.8) is 0 Å². The van der Waals surface area contributed by atoms with Gasteiger partial charge in [-0.3, -0.25) is 4.79 Å². The van der Waals surface area contributed by atoms with Crippen molar-refractivity contribution in [3.05, 3.63) is 34.2 Å². The molecule has 1 saturated heterocycles. The van der Waals surface area contributed by atoms with Crippen LogP contribution in [0.25, 0.3) is 0 Å². The summed E-state index contributed by atoms with van der Waals surface area (Å²) in [4.78, 5) is 13.6. The Balaban J connectivity index is 2.55. The average Bonchev–Trinajstić information content (AvgIpc) is 2.08. The number of nitrogens with one attached hydrogen (secondary N) is 1. The third-order valence-corrected chi connectivity index (χ3v) is 1.67. The molecule has 0 aromatic carbocycles. The zero-order valence-electron chi connectivity index (χ0n) is 8.81. The summed E-state index contributed by atoms with van der Waals surface area (Å²) >= 11 is 0. The maximum Gasteiger partial charge on any atom is 0.248 e. The maximum absolute atomic E-state index is 11.2. The minimum absolute atomic E-state index is 0.0000926. The van der Waals surface area contributed by atoms with Crippen LogP contribution in [0.4, 0.5) is 0 Å². The van der Waals surface area contributed by atoms with Gasteiger partial charge in [0.05, 0.1) is 17.3 Å². The van der Waals surface area contributed by atoms with Crippen molar-refractivity contribution >= 4 is 0 Å². The molecule has 0 unspecified atom stereocenters. The van der Waals surface area contributed by atoms with Gasteiger partial charge in [0.2, 0.25) is 5.56 Å². The first-order valence-corrected chi connectivity index (χ1v) is 3.39. The summed E-state index contributed by atoms with van der Waals surface area (Å²) in [5.41, 5.74) is -0.185. The van der Waals surface area contributed by atoms with Gasteiger partial charge in [0, 0.05) is 17.7 Å². The van der Waals surface area contributed by atoms with Gasteiger partial charge in [0.15, 0.2) is 0 Å². The van der Waals surface area contributed by atoms with Gasteiger partial charge in [-0.05, 0) is 6.04 Å². The molecule has 1 aliphatic rings. The molecule has 11 heavy (non-hydrogen) atoms. The first-order chi connectivity index (χ1) is 6.61. The zero-order chi connectivity index (χ0) is 10.3. The van der Waals surface area contributed by atoms with Crippen LogP contribution in [0.15, 0.2) is 22.9 Å². The SMILES string of the molecule is [2H]c1c(C2COC2)[nH]c(=O)c([2H])c1[2H]. The topological polar surface area (TPSA) is 42.1 Å². The van der Waals surface area contributed by atoms with Crippen LogP contribution in [0.2, 0.25) is 0 Å². The number of ether oxygens (including phenoxy) is 1. The van der Waals surface area contributed by atoms with Gasteiger partial charge in [0.1, 0.15) is 0 Å². The van der Waals surface area contributed by atoms with E-state index in [1.54, 1.807) is 0 Å². The Labute approximate surface area is 68.2 Å². The first kappa shape index (κ1) is 4.07. The molecule has 0 atom stereocenters. The molecular weight excluding hydrogens is 142 g/mol. The van der Waals surface area contributed by atoms with Crippen molar-refractivity contribution in [2.75, 3.05) is 13.2 Å². The largest absolute Gasteiger partial charge is 0.380 e. The second kappa shape index (κ2) is 2.51. The predicted octanol–water partition coefficient (Wildman–Crippen LogP) is 0.489. The smallest absolute Gasteiger partial charge is 0.248 e. The van der Waals surface area contributed by atoms with Gasteiger partial charge in [-0.2, -0.15) is 0 Å². The molecule has 1 N–H and O–H groups in total. The van der Waals surface area contributed by atoms with Crippen LogP contribution >= 0.6 is 0 Å². The fourth-order valence-electron chi connectivity index (χ4n) is 0.947. The molecule has 2 rings (SSSR count).